The molecule has 1 aliphatic rings. The molecule has 30 heavy (non-hydrogen) atoms. The average molecular weight is 433 g/mol. The summed E-state index contributed by atoms with van der Waals surface area (Å²) in [5.41, 5.74) is 6.33. The molecule has 1 aliphatic carbocycles. The number of halogens is 2. The van der Waals surface area contributed by atoms with E-state index in [4.69, 9.17) is 32.7 Å². The Bertz CT molecular complexity index is 1240. The van der Waals surface area contributed by atoms with E-state index in [1.807, 2.05) is 48.5 Å². The molecule has 0 saturated heterocycles. The standard InChI is InChI=1S/C25H18Cl2N2O/c1-15-7-9-17(10-8-15)24-28-25(30-29-24)22-12-18-11-19(26)13-23(27)21(18)14-20(22)16-5-3-2-4-6-16/h2-13,20H,14H2,1H3. The zero-order chi connectivity index (χ0) is 20.7. The molecule has 0 amide bonds. The SMILES string of the molecule is Cc1ccc(-c2noc(C3=Cc4cc(Cl)cc(Cl)c4CC3c3ccccc3)n2)cc1. The van der Waals surface area contributed by atoms with Gasteiger partial charge in [0.2, 0.25) is 5.82 Å². The van der Waals surface area contributed by atoms with Gasteiger partial charge in [-0.1, -0.05) is 88.5 Å². The van der Waals surface area contributed by atoms with E-state index in [9.17, 15) is 0 Å². The van der Waals surface area contributed by atoms with E-state index in [2.05, 4.69) is 30.3 Å². The third kappa shape index (κ3) is 3.55. The molecule has 0 aliphatic heterocycles. The highest BCUT2D eigenvalue weighted by molar-refractivity contribution is 6.35. The lowest BCUT2D eigenvalue weighted by atomic mass is 9.79. The quantitative estimate of drug-likeness (QED) is 0.342. The Balaban J connectivity index is 1.63. The van der Waals surface area contributed by atoms with Gasteiger partial charge in [0, 0.05) is 27.1 Å². The molecule has 5 heteroatoms. The first-order chi connectivity index (χ1) is 14.6. The summed E-state index contributed by atoms with van der Waals surface area (Å²) in [6, 6.07) is 22.1. The molecule has 0 N–H and O–H groups in total. The molecule has 0 fully saturated rings. The van der Waals surface area contributed by atoms with Gasteiger partial charge in [0.25, 0.3) is 5.89 Å². The van der Waals surface area contributed by atoms with E-state index in [-0.39, 0.29) is 5.92 Å². The van der Waals surface area contributed by atoms with Crippen molar-refractivity contribution in [2.75, 3.05) is 0 Å². The molecule has 1 heterocycles. The number of benzene rings is 3. The number of aryl methyl sites for hydroxylation is 1. The maximum atomic E-state index is 6.53. The normalized spacial score (nSPS) is 15.6. The molecule has 4 aromatic rings. The second kappa shape index (κ2) is 7.75. The van der Waals surface area contributed by atoms with Crippen LogP contribution in [-0.2, 0) is 6.42 Å². The summed E-state index contributed by atoms with van der Waals surface area (Å²) < 4.78 is 5.72. The van der Waals surface area contributed by atoms with Crippen molar-refractivity contribution in [1.82, 2.24) is 10.1 Å². The Morgan fingerprint density at radius 3 is 2.50 bits per heavy atom. The minimum atomic E-state index is 0.0590. The molecule has 0 spiro atoms. The molecule has 1 unspecified atom stereocenters. The first-order valence-electron chi connectivity index (χ1n) is 9.74. The van der Waals surface area contributed by atoms with Crippen LogP contribution in [-0.4, -0.2) is 10.1 Å². The van der Waals surface area contributed by atoms with Crippen molar-refractivity contribution in [2.24, 2.45) is 0 Å². The Morgan fingerprint density at radius 1 is 0.967 bits per heavy atom. The van der Waals surface area contributed by atoms with Gasteiger partial charge in [0.1, 0.15) is 0 Å². The van der Waals surface area contributed by atoms with Gasteiger partial charge < -0.3 is 4.52 Å². The van der Waals surface area contributed by atoms with Crippen molar-refractivity contribution in [3.63, 3.8) is 0 Å². The second-order valence-corrected chi connectivity index (χ2v) is 8.36. The van der Waals surface area contributed by atoms with Crippen LogP contribution >= 0.6 is 23.2 Å². The lowest BCUT2D eigenvalue weighted by Crippen LogP contribution is -2.12. The largest absolute Gasteiger partial charge is 0.334 e. The fraction of sp³-hybridized carbons (Fsp3) is 0.120. The number of allylic oxidation sites excluding steroid dienone is 1. The van der Waals surface area contributed by atoms with E-state index in [1.54, 1.807) is 6.07 Å². The second-order valence-electron chi connectivity index (χ2n) is 7.51. The molecule has 0 bridgehead atoms. The summed E-state index contributed by atoms with van der Waals surface area (Å²) in [4.78, 5) is 4.72. The first-order valence-corrected chi connectivity index (χ1v) is 10.5. The van der Waals surface area contributed by atoms with Crippen LogP contribution in [0.25, 0.3) is 23.0 Å². The van der Waals surface area contributed by atoms with Crippen molar-refractivity contribution in [1.29, 1.82) is 0 Å². The molecule has 5 rings (SSSR count). The predicted octanol–water partition coefficient (Wildman–Crippen LogP) is 7.23. The number of fused-ring (bicyclic) bond motifs is 1. The Morgan fingerprint density at radius 2 is 1.73 bits per heavy atom. The van der Waals surface area contributed by atoms with Gasteiger partial charge in [-0.2, -0.15) is 4.98 Å². The van der Waals surface area contributed by atoms with Crippen molar-refractivity contribution in [3.8, 4) is 11.4 Å². The maximum Gasteiger partial charge on any atom is 0.254 e. The number of rotatable bonds is 3. The van der Waals surface area contributed by atoms with E-state index in [0.29, 0.717) is 21.8 Å². The molecule has 1 aromatic heterocycles. The van der Waals surface area contributed by atoms with Crippen molar-refractivity contribution in [2.45, 2.75) is 19.3 Å². The van der Waals surface area contributed by atoms with Crippen LogP contribution in [0.1, 0.15) is 34.1 Å². The van der Waals surface area contributed by atoms with Crippen LogP contribution in [0.5, 0.6) is 0 Å². The molecule has 0 radical (unpaired) electrons. The van der Waals surface area contributed by atoms with Gasteiger partial charge in [0.15, 0.2) is 0 Å². The van der Waals surface area contributed by atoms with Crippen LogP contribution in [0.2, 0.25) is 10.0 Å². The minimum Gasteiger partial charge on any atom is -0.334 e. The Hall–Kier alpha value is -2.88. The van der Waals surface area contributed by atoms with E-state index < -0.39 is 0 Å². The van der Waals surface area contributed by atoms with Gasteiger partial charge in [-0.3, -0.25) is 0 Å². The highest BCUT2D eigenvalue weighted by atomic mass is 35.5. The van der Waals surface area contributed by atoms with Gasteiger partial charge in [-0.05, 0) is 48.2 Å². The maximum absolute atomic E-state index is 6.53. The lowest BCUT2D eigenvalue weighted by molar-refractivity contribution is 0.405. The zero-order valence-corrected chi connectivity index (χ0v) is 17.8. The van der Waals surface area contributed by atoms with Gasteiger partial charge in [-0.15, -0.1) is 0 Å². The number of nitrogens with zero attached hydrogens (tertiary/aromatic N) is 2. The monoisotopic (exact) mass is 432 g/mol. The Kier molecular flexibility index (Phi) is 4.93. The average Bonchev–Trinajstić information content (AvgIpc) is 3.24. The number of hydrogen-bond acceptors (Lipinski definition) is 3. The van der Waals surface area contributed by atoms with E-state index >= 15 is 0 Å². The number of aromatic nitrogens is 2. The molecular formula is C25H18Cl2N2O. The summed E-state index contributed by atoms with van der Waals surface area (Å²) in [5, 5.41) is 5.52. The summed E-state index contributed by atoms with van der Waals surface area (Å²) in [7, 11) is 0. The van der Waals surface area contributed by atoms with E-state index in [0.717, 1.165) is 28.7 Å². The summed E-state index contributed by atoms with van der Waals surface area (Å²) in [6.07, 6.45) is 2.81. The van der Waals surface area contributed by atoms with Crippen LogP contribution < -0.4 is 0 Å². The fourth-order valence-electron chi connectivity index (χ4n) is 3.90. The molecule has 1 atom stereocenters. The third-order valence-corrected chi connectivity index (χ3v) is 6.03. The van der Waals surface area contributed by atoms with Crippen molar-refractivity contribution >= 4 is 34.9 Å². The van der Waals surface area contributed by atoms with Crippen LogP contribution in [0.15, 0.2) is 71.3 Å². The highest BCUT2D eigenvalue weighted by Gasteiger charge is 2.29. The number of hydrogen-bond donors (Lipinski definition) is 0. The van der Waals surface area contributed by atoms with E-state index in [1.165, 1.54) is 11.1 Å². The van der Waals surface area contributed by atoms with Crippen LogP contribution in [0.4, 0.5) is 0 Å². The van der Waals surface area contributed by atoms with Gasteiger partial charge in [0.05, 0.1) is 0 Å². The topological polar surface area (TPSA) is 38.9 Å². The van der Waals surface area contributed by atoms with Crippen molar-refractivity contribution < 1.29 is 4.52 Å². The van der Waals surface area contributed by atoms with Crippen LogP contribution in [0.3, 0.4) is 0 Å². The smallest absolute Gasteiger partial charge is 0.254 e. The summed E-state index contributed by atoms with van der Waals surface area (Å²) in [5.74, 6) is 1.15. The fourth-order valence-corrected chi connectivity index (χ4v) is 4.49. The molecule has 3 nitrogen and oxygen atoms in total. The van der Waals surface area contributed by atoms with Crippen LogP contribution in [0, 0.1) is 6.92 Å². The first kappa shape index (κ1) is 19.1. The van der Waals surface area contributed by atoms with Gasteiger partial charge >= 0.3 is 0 Å². The van der Waals surface area contributed by atoms with Crippen molar-refractivity contribution in [3.05, 3.63) is 105 Å². The van der Waals surface area contributed by atoms with Gasteiger partial charge in [-0.25, -0.2) is 0 Å². The molecule has 3 aromatic carbocycles. The lowest BCUT2D eigenvalue weighted by Gasteiger charge is -2.25. The minimum absolute atomic E-state index is 0.0590. The predicted molar refractivity (Wildman–Crippen MR) is 122 cm³/mol. The summed E-state index contributed by atoms with van der Waals surface area (Å²) >= 11 is 12.8. The molecular weight excluding hydrogens is 415 g/mol. The summed E-state index contributed by atoms with van der Waals surface area (Å²) in [6.45, 7) is 2.05. The molecule has 0 saturated carbocycles. The molecule has 148 valence electrons. The third-order valence-electron chi connectivity index (χ3n) is 5.47. The highest BCUT2D eigenvalue weighted by Crippen LogP contribution is 2.43. The Labute approximate surface area is 185 Å². The zero-order valence-electron chi connectivity index (χ0n) is 16.3.